The van der Waals surface area contributed by atoms with Gasteiger partial charge in [0.25, 0.3) is 5.78 Å². The van der Waals surface area contributed by atoms with E-state index < -0.39 is 11.8 Å². The number of rotatable bonds is 2. The zero-order chi connectivity index (χ0) is 12.4. The summed E-state index contributed by atoms with van der Waals surface area (Å²) in [5, 5.41) is 9.41. The van der Waals surface area contributed by atoms with Crippen molar-refractivity contribution in [1.29, 1.82) is 5.26 Å². The summed E-state index contributed by atoms with van der Waals surface area (Å²) < 4.78 is 4.37. The average Bonchev–Trinajstić information content (AvgIpc) is 2.80. The molecule has 0 saturated carbocycles. The Labute approximate surface area is 96.6 Å². The van der Waals surface area contributed by atoms with Crippen molar-refractivity contribution in [3.8, 4) is 6.07 Å². The monoisotopic (exact) mass is 228 g/mol. The molecule has 5 heteroatoms. The Morgan fingerprint density at radius 1 is 1.41 bits per heavy atom. The van der Waals surface area contributed by atoms with Gasteiger partial charge in [0.1, 0.15) is 0 Å². The molecule has 0 unspecified atom stereocenters. The van der Waals surface area contributed by atoms with E-state index in [1.165, 1.54) is 6.20 Å². The van der Waals surface area contributed by atoms with Crippen molar-refractivity contribution in [1.82, 2.24) is 4.98 Å². The number of carbonyl (C=O) groups excluding carboxylic acids is 2. The summed E-state index contributed by atoms with van der Waals surface area (Å²) in [4.78, 5) is 25.7. The third-order valence-electron chi connectivity index (χ3n) is 2.44. The molecule has 1 heterocycles. The third-order valence-corrected chi connectivity index (χ3v) is 2.44. The molecule has 0 saturated heterocycles. The summed E-state index contributed by atoms with van der Waals surface area (Å²) in [6.07, 6.45) is 1.41. The third kappa shape index (κ3) is 1.66. The fraction of sp³-hybridized carbons (Fsp3) is 0.0833. The number of esters is 1. The van der Waals surface area contributed by atoms with E-state index in [0.717, 1.165) is 7.11 Å². The van der Waals surface area contributed by atoms with Crippen LogP contribution in [0.1, 0.15) is 15.9 Å². The first-order valence-electron chi connectivity index (χ1n) is 4.82. The van der Waals surface area contributed by atoms with Crippen LogP contribution in [-0.4, -0.2) is 23.8 Å². The second kappa shape index (κ2) is 4.10. The molecule has 0 aliphatic carbocycles. The van der Waals surface area contributed by atoms with Gasteiger partial charge in [-0.1, -0.05) is 6.07 Å². The van der Waals surface area contributed by atoms with Gasteiger partial charge in [-0.2, -0.15) is 5.26 Å². The maximum absolute atomic E-state index is 11.7. The number of nitrogens with one attached hydrogen (secondary N) is 1. The molecule has 17 heavy (non-hydrogen) atoms. The van der Waals surface area contributed by atoms with Gasteiger partial charge in [-0.05, 0) is 12.1 Å². The molecule has 2 rings (SSSR count). The van der Waals surface area contributed by atoms with Crippen LogP contribution < -0.4 is 0 Å². The number of nitriles is 1. The first kappa shape index (κ1) is 10.9. The molecule has 1 N–H and O–H groups in total. The van der Waals surface area contributed by atoms with Gasteiger partial charge in [0.05, 0.1) is 24.3 Å². The predicted octanol–water partition coefficient (Wildman–Crippen LogP) is 1.40. The lowest BCUT2D eigenvalue weighted by molar-refractivity contribution is -0.135. The highest BCUT2D eigenvalue weighted by molar-refractivity contribution is 6.43. The van der Waals surface area contributed by atoms with Gasteiger partial charge >= 0.3 is 5.97 Å². The second-order valence-corrected chi connectivity index (χ2v) is 3.36. The summed E-state index contributed by atoms with van der Waals surface area (Å²) in [5.74, 6) is -1.71. The van der Waals surface area contributed by atoms with Gasteiger partial charge in [-0.15, -0.1) is 0 Å². The molecule has 0 aliphatic rings. The predicted molar refractivity (Wildman–Crippen MR) is 59.4 cm³/mol. The van der Waals surface area contributed by atoms with Crippen LogP contribution in [0.15, 0.2) is 24.4 Å². The number of Topliss-reactive ketones (excluding diaryl/α,β-unsaturated/α-hetero) is 1. The minimum atomic E-state index is -0.946. The Morgan fingerprint density at radius 3 is 2.82 bits per heavy atom. The zero-order valence-electron chi connectivity index (χ0n) is 8.98. The number of methoxy groups -OCH3 is 1. The highest BCUT2D eigenvalue weighted by atomic mass is 16.5. The van der Waals surface area contributed by atoms with E-state index in [2.05, 4.69) is 9.72 Å². The Morgan fingerprint density at radius 2 is 2.18 bits per heavy atom. The maximum atomic E-state index is 11.7. The van der Waals surface area contributed by atoms with E-state index in [1.54, 1.807) is 18.2 Å². The van der Waals surface area contributed by atoms with Crippen LogP contribution in [-0.2, 0) is 9.53 Å². The number of carbonyl (C=O) groups is 2. The minimum Gasteiger partial charge on any atom is -0.463 e. The largest absolute Gasteiger partial charge is 0.463 e. The van der Waals surface area contributed by atoms with Crippen LogP contribution in [0.4, 0.5) is 0 Å². The van der Waals surface area contributed by atoms with Gasteiger partial charge in [0.15, 0.2) is 0 Å². The number of benzene rings is 1. The van der Waals surface area contributed by atoms with E-state index in [-0.39, 0.29) is 5.56 Å². The summed E-state index contributed by atoms with van der Waals surface area (Å²) in [6.45, 7) is 0. The fourth-order valence-electron chi connectivity index (χ4n) is 1.66. The number of aromatic amines is 1. The Kier molecular flexibility index (Phi) is 2.63. The standard InChI is InChI=1S/C12H8N2O3/c1-17-12(16)11(15)8-6-14-9-4-2-3-7(5-13)10(8)9/h2-4,6,14H,1H3. The van der Waals surface area contributed by atoms with Crippen LogP contribution in [0.5, 0.6) is 0 Å². The average molecular weight is 228 g/mol. The molecular weight excluding hydrogens is 220 g/mol. The number of ketones is 1. The van der Waals surface area contributed by atoms with Gasteiger partial charge < -0.3 is 9.72 Å². The molecule has 0 fully saturated rings. The lowest BCUT2D eigenvalue weighted by Crippen LogP contribution is -2.15. The van der Waals surface area contributed by atoms with Crippen molar-refractivity contribution in [2.24, 2.45) is 0 Å². The molecule has 84 valence electrons. The zero-order valence-corrected chi connectivity index (χ0v) is 8.98. The van der Waals surface area contributed by atoms with Crippen molar-refractivity contribution < 1.29 is 14.3 Å². The van der Waals surface area contributed by atoms with E-state index in [9.17, 15) is 9.59 Å². The topological polar surface area (TPSA) is 83.0 Å². The maximum Gasteiger partial charge on any atom is 0.379 e. The van der Waals surface area contributed by atoms with E-state index in [0.29, 0.717) is 16.5 Å². The number of fused-ring (bicyclic) bond motifs is 1. The molecule has 1 aromatic heterocycles. The summed E-state index contributed by atoms with van der Waals surface area (Å²) >= 11 is 0. The first-order valence-corrected chi connectivity index (χ1v) is 4.82. The summed E-state index contributed by atoms with van der Waals surface area (Å²) in [6, 6.07) is 7.00. The van der Waals surface area contributed by atoms with Crippen molar-refractivity contribution in [3.63, 3.8) is 0 Å². The summed E-state index contributed by atoms with van der Waals surface area (Å²) in [5.41, 5.74) is 1.14. The first-order chi connectivity index (χ1) is 8.19. The molecule has 0 atom stereocenters. The van der Waals surface area contributed by atoms with Crippen molar-refractivity contribution in [2.45, 2.75) is 0 Å². The number of hydrogen-bond donors (Lipinski definition) is 1. The highest BCUT2D eigenvalue weighted by Gasteiger charge is 2.21. The normalized spacial score (nSPS) is 9.88. The highest BCUT2D eigenvalue weighted by Crippen LogP contribution is 2.22. The van der Waals surface area contributed by atoms with Crippen LogP contribution >= 0.6 is 0 Å². The SMILES string of the molecule is COC(=O)C(=O)c1c[nH]c2cccc(C#N)c12. The molecule has 0 spiro atoms. The molecular formula is C12H8N2O3. The summed E-state index contributed by atoms with van der Waals surface area (Å²) in [7, 11) is 1.14. The Bertz CT molecular complexity index is 649. The number of hydrogen-bond acceptors (Lipinski definition) is 4. The molecule has 0 amide bonds. The quantitative estimate of drug-likeness (QED) is 0.478. The van der Waals surface area contributed by atoms with E-state index >= 15 is 0 Å². The van der Waals surface area contributed by atoms with Crippen molar-refractivity contribution >= 4 is 22.7 Å². The van der Waals surface area contributed by atoms with Crippen LogP contribution in [0.25, 0.3) is 10.9 Å². The second-order valence-electron chi connectivity index (χ2n) is 3.36. The van der Waals surface area contributed by atoms with Gasteiger partial charge in [0, 0.05) is 17.1 Å². The Balaban J connectivity index is 2.68. The van der Waals surface area contributed by atoms with Crippen molar-refractivity contribution in [2.75, 3.05) is 7.11 Å². The minimum absolute atomic E-state index is 0.156. The number of nitrogens with zero attached hydrogens (tertiary/aromatic N) is 1. The van der Waals surface area contributed by atoms with Crippen LogP contribution in [0, 0.1) is 11.3 Å². The fourth-order valence-corrected chi connectivity index (χ4v) is 1.66. The van der Waals surface area contributed by atoms with Crippen LogP contribution in [0.2, 0.25) is 0 Å². The Hall–Kier alpha value is -2.61. The van der Waals surface area contributed by atoms with Crippen LogP contribution in [0.3, 0.4) is 0 Å². The lowest BCUT2D eigenvalue weighted by atomic mass is 10.0. The van der Waals surface area contributed by atoms with Gasteiger partial charge in [-0.3, -0.25) is 4.79 Å². The molecule has 0 aliphatic heterocycles. The number of H-pyrrole nitrogens is 1. The molecule has 0 radical (unpaired) electrons. The van der Waals surface area contributed by atoms with Crippen molar-refractivity contribution in [3.05, 3.63) is 35.5 Å². The molecule has 0 bridgehead atoms. The van der Waals surface area contributed by atoms with Gasteiger partial charge in [-0.25, -0.2) is 4.79 Å². The molecule has 1 aromatic carbocycles. The number of aromatic nitrogens is 1. The molecule has 5 nitrogen and oxygen atoms in total. The van der Waals surface area contributed by atoms with Gasteiger partial charge in [0.2, 0.25) is 0 Å². The smallest absolute Gasteiger partial charge is 0.379 e. The van der Waals surface area contributed by atoms with E-state index in [4.69, 9.17) is 5.26 Å². The van der Waals surface area contributed by atoms with E-state index in [1.807, 2.05) is 6.07 Å². The molecule has 2 aromatic rings. The number of ether oxygens (including phenoxy) is 1. The lowest BCUT2D eigenvalue weighted by Gasteiger charge is -1.98.